The highest BCUT2D eigenvalue weighted by atomic mass is 35.5. The van der Waals surface area contributed by atoms with E-state index in [-0.39, 0.29) is 39.6 Å². The number of carboxylic acid groups (broad SMARTS) is 1. The number of piperazine rings is 1. The predicted molar refractivity (Wildman–Crippen MR) is 96.2 cm³/mol. The van der Waals surface area contributed by atoms with Crippen LogP contribution in [0.5, 0.6) is 0 Å². The molecule has 3 aliphatic rings. The lowest BCUT2D eigenvalue weighted by molar-refractivity contribution is 0.0694. The Hall–Kier alpha value is -2.19. The van der Waals surface area contributed by atoms with Crippen LogP contribution in [0.1, 0.15) is 29.7 Å². The van der Waals surface area contributed by atoms with E-state index in [2.05, 4.69) is 5.32 Å². The molecule has 1 aliphatic carbocycles. The van der Waals surface area contributed by atoms with Crippen molar-refractivity contribution in [2.24, 2.45) is 0 Å². The molecule has 1 saturated carbocycles. The number of hydrogen-bond acceptors (Lipinski definition) is 4. The number of pyridine rings is 1. The van der Waals surface area contributed by atoms with Gasteiger partial charge in [-0.1, -0.05) is 11.6 Å². The van der Waals surface area contributed by atoms with Crippen molar-refractivity contribution in [3.63, 3.8) is 0 Å². The first-order valence-electron chi connectivity index (χ1n) is 8.68. The maximum atomic E-state index is 14.9. The number of aromatic carboxylic acids is 1. The fraction of sp³-hybridized carbons (Fsp3) is 0.444. The van der Waals surface area contributed by atoms with E-state index in [1.54, 1.807) is 0 Å². The van der Waals surface area contributed by atoms with Gasteiger partial charge < -0.3 is 19.9 Å². The molecule has 0 radical (unpaired) electrons. The molecule has 1 aromatic carbocycles. The molecule has 3 heterocycles. The largest absolute Gasteiger partial charge is 0.477 e. The number of aromatic nitrogens is 1. The number of anilines is 1. The van der Waals surface area contributed by atoms with Crippen molar-refractivity contribution in [2.45, 2.75) is 37.1 Å². The third-order valence-electron chi connectivity index (χ3n) is 5.88. The fourth-order valence-corrected chi connectivity index (χ4v) is 4.60. The van der Waals surface area contributed by atoms with Crippen LogP contribution in [0.3, 0.4) is 0 Å². The summed E-state index contributed by atoms with van der Waals surface area (Å²) in [5, 5.41) is 12.5. The number of rotatable bonds is 3. The van der Waals surface area contributed by atoms with Crippen molar-refractivity contribution in [1.29, 1.82) is 0 Å². The van der Waals surface area contributed by atoms with Crippen LogP contribution in [0.4, 0.5) is 14.5 Å². The van der Waals surface area contributed by atoms with Crippen LogP contribution in [0.25, 0.3) is 10.9 Å². The minimum absolute atomic E-state index is 0.0167. The number of alkyl halides is 1. The fourth-order valence-electron chi connectivity index (χ4n) is 4.19. The van der Waals surface area contributed by atoms with Crippen molar-refractivity contribution in [1.82, 2.24) is 9.88 Å². The van der Waals surface area contributed by atoms with E-state index in [0.29, 0.717) is 13.1 Å². The normalized spacial score (nSPS) is 31.3. The molecule has 27 heavy (non-hydrogen) atoms. The van der Waals surface area contributed by atoms with Crippen molar-refractivity contribution < 1.29 is 18.7 Å². The SMILES string of the molecule is CC12CN(c3c(F)cc4c(=O)c(C(=O)O)cn([C@@H]5C[C@@H]5F)c4c3Cl)CC1N2. The Morgan fingerprint density at radius 1 is 1.48 bits per heavy atom. The van der Waals surface area contributed by atoms with E-state index >= 15 is 0 Å². The molecule has 0 bridgehead atoms. The molecule has 142 valence electrons. The first kappa shape index (κ1) is 16.9. The molecule has 0 spiro atoms. The van der Waals surface area contributed by atoms with Crippen LogP contribution >= 0.6 is 11.6 Å². The minimum Gasteiger partial charge on any atom is -0.477 e. The minimum atomic E-state index is -1.44. The summed E-state index contributed by atoms with van der Waals surface area (Å²) < 4.78 is 30.1. The van der Waals surface area contributed by atoms with E-state index in [9.17, 15) is 23.5 Å². The first-order valence-corrected chi connectivity index (χ1v) is 9.06. The zero-order valence-corrected chi connectivity index (χ0v) is 15.1. The number of carboxylic acids is 1. The lowest BCUT2D eigenvalue weighted by Gasteiger charge is -2.25. The van der Waals surface area contributed by atoms with Gasteiger partial charge in [-0.05, 0) is 13.0 Å². The third-order valence-corrected chi connectivity index (χ3v) is 6.24. The van der Waals surface area contributed by atoms with Crippen LogP contribution < -0.4 is 15.6 Å². The Balaban J connectivity index is 1.77. The Labute approximate surface area is 157 Å². The standard InChI is InChI=1S/C18H16ClF2N3O3/c1-18-6-23(5-12(18)22-18)15-10(21)2-7-14(13(15)19)24(11-3-9(11)20)4-8(16(7)25)17(26)27/h2,4,9,11-12,22H,3,5-6H2,1H3,(H,26,27)/t9-,11+,12?,18?/m0/s1. The van der Waals surface area contributed by atoms with Gasteiger partial charge in [0.15, 0.2) is 0 Å². The van der Waals surface area contributed by atoms with Crippen LogP contribution in [-0.2, 0) is 0 Å². The average molecular weight is 396 g/mol. The quantitative estimate of drug-likeness (QED) is 0.779. The summed E-state index contributed by atoms with van der Waals surface area (Å²) in [6.45, 7) is 3.18. The second kappa shape index (κ2) is 5.20. The van der Waals surface area contributed by atoms with Gasteiger partial charge in [-0.3, -0.25) is 4.79 Å². The van der Waals surface area contributed by atoms with Gasteiger partial charge in [-0.25, -0.2) is 13.6 Å². The van der Waals surface area contributed by atoms with Gasteiger partial charge >= 0.3 is 5.97 Å². The Bertz CT molecular complexity index is 1090. The van der Waals surface area contributed by atoms with Crippen LogP contribution in [0, 0.1) is 5.82 Å². The number of halogens is 3. The van der Waals surface area contributed by atoms with Gasteiger partial charge in [0.1, 0.15) is 17.6 Å². The second-order valence-electron chi connectivity index (χ2n) is 7.82. The van der Waals surface area contributed by atoms with Crippen LogP contribution in [0.2, 0.25) is 5.02 Å². The molecule has 2 aliphatic heterocycles. The van der Waals surface area contributed by atoms with Crippen LogP contribution in [-0.4, -0.2) is 46.5 Å². The smallest absolute Gasteiger partial charge is 0.341 e. The number of nitrogens with one attached hydrogen (secondary N) is 1. The Kier molecular flexibility index (Phi) is 3.26. The lowest BCUT2D eigenvalue weighted by Crippen LogP contribution is -2.32. The molecule has 3 fully saturated rings. The number of hydrogen-bond donors (Lipinski definition) is 2. The van der Waals surface area contributed by atoms with E-state index in [4.69, 9.17) is 11.6 Å². The molecule has 9 heteroatoms. The molecule has 0 amide bonds. The van der Waals surface area contributed by atoms with E-state index in [0.717, 1.165) is 12.3 Å². The highest BCUT2D eigenvalue weighted by Gasteiger charge is 2.56. The summed E-state index contributed by atoms with van der Waals surface area (Å²) in [4.78, 5) is 25.8. The van der Waals surface area contributed by atoms with Crippen molar-refractivity contribution in [3.05, 3.63) is 38.9 Å². The van der Waals surface area contributed by atoms with Gasteiger partial charge in [-0.15, -0.1) is 0 Å². The van der Waals surface area contributed by atoms with Gasteiger partial charge in [-0.2, -0.15) is 0 Å². The monoisotopic (exact) mass is 395 g/mol. The molecule has 5 rings (SSSR count). The van der Waals surface area contributed by atoms with Crippen LogP contribution in [0.15, 0.2) is 17.1 Å². The van der Waals surface area contributed by atoms with Gasteiger partial charge in [0.2, 0.25) is 5.43 Å². The zero-order chi connectivity index (χ0) is 19.2. The molecule has 6 nitrogen and oxygen atoms in total. The molecular formula is C18H16ClF2N3O3. The summed E-state index contributed by atoms with van der Waals surface area (Å²) in [6, 6.07) is 0.670. The molecule has 4 atom stereocenters. The zero-order valence-electron chi connectivity index (χ0n) is 14.3. The van der Waals surface area contributed by atoms with E-state index in [1.807, 2.05) is 11.8 Å². The summed E-state index contributed by atoms with van der Waals surface area (Å²) in [5.41, 5.74) is -1.07. The third kappa shape index (κ3) is 2.32. The van der Waals surface area contributed by atoms with Crippen molar-refractivity contribution >= 4 is 34.2 Å². The van der Waals surface area contributed by atoms with Gasteiger partial charge in [0.05, 0.1) is 33.2 Å². The first-order chi connectivity index (χ1) is 12.7. The predicted octanol–water partition coefficient (Wildman–Crippen LogP) is 2.33. The number of carbonyl (C=O) groups is 1. The molecule has 2 unspecified atom stereocenters. The Morgan fingerprint density at radius 3 is 2.74 bits per heavy atom. The molecule has 2 saturated heterocycles. The lowest BCUT2D eigenvalue weighted by atomic mass is 10.1. The van der Waals surface area contributed by atoms with Gasteiger partial charge in [0.25, 0.3) is 0 Å². The van der Waals surface area contributed by atoms with E-state index < -0.39 is 35.0 Å². The number of fused-ring (bicyclic) bond motifs is 2. The summed E-state index contributed by atoms with van der Waals surface area (Å²) in [7, 11) is 0. The maximum Gasteiger partial charge on any atom is 0.341 e. The van der Waals surface area contributed by atoms with Crippen molar-refractivity contribution in [3.8, 4) is 0 Å². The molecule has 2 aromatic rings. The van der Waals surface area contributed by atoms with Crippen molar-refractivity contribution in [2.75, 3.05) is 18.0 Å². The summed E-state index contributed by atoms with van der Waals surface area (Å²) in [6.07, 6.45) is 0.174. The summed E-state index contributed by atoms with van der Waals surface area (Å²) >= 11 is 6.53. The van der Waals surface area contributed by atoms with E-state index in [1.165, 1.54) is 4.57 Å². The topological polar surface area (TPSA) is 84.5 Å². The molecular weight excluding hydrogens is 380 g/mol. The highest BCUT2D eigenvalue weighted by Crippen LogP contribution is 2.46. The highest BCUT2D eigenvalue weighted by molar-refractivity contribution is 6.38. The molecule has 1 aromatic heterocycles. The number of benzene rings is 1. The molecule has 2 N–H and O–H groups in total. The average Bonchev–Trinajstić information content (AvgIpc) is 3.43. The number of nitrogens with zero attached hydrogens (tertiary/aromatic N) is 2. The Morgan fingerprint density at radius 2 is 2.19 bits per heavy atom. The maximum absolute atomic E-state index is 14.9. The summed E-state index contributed by atoms with van der Waals surface area (Å²) in [5.74, 6) is -2.12. The second-order valence-corrected chi connectivity index (χ2v) is 8.19. The van der Waals surface area contributed by atoms with Gasteiger partial charge in [0, 0.05) is 31.7 Å².